The lowest BCUT2D eigenvalue weighted by molar-refractivity contribution is 0.441. The number of aromatic amines is 1. The Balaban J connectivity index is 3.07. The molecular formula is C17H22BrN3O2. The third kappa shape index (κ3) is 5.90. The number of rotatable bonds is 6. The minimum absolute atomic E-state index is 0.122. The van der Waals surface area contributed by atoms with Gasteiger partial charge in [-0.2, -0.15) is 0 Å². The van der Waals surface area contributed by atoms with Crippen LogP contribution in [-0.2, 0) is 0 Å². The van der Waals surface area contributed by atoms with Crippen molar-refractivity contribution < 1.29 is 5.11 Å². The molecule has 23 heavy (non-hydrogen) atoms. The molecule has 2 N–H and O–H groups in total. The standard InChI is InChI=1S/C17H22BrN3O2/c1-5-11-19-13(3)7-6-8-15-16(22)21(17(23)20-15)14(4)10-9-12(2)18/h6-11,22H,5H2,1-4H3,(H,20,23)/b8-6-,12-9?,13-7+,14-10?,19-11?. The molecule has 0 aliphatic carbocycles. The molecule has 0 spiro atoms. The fourth-order valence-corrected chi connectivity index (χ4v) is 1.89. The summed E-state index contributed by atoms with van der Waals surface area (Å²) in [6, 6.07) is 0. The smallest absolute Gasteiger partial charge is 0.333 e. The van der Waals surface area contributed by atoms with E-state index in [-0.39, 0.29) is 11.6 Å². The molecular weight excluding hydrogens is 358 g/mol. The van der Waals surface area contributed by atoms with E-state index in [9.17, 15) is 9.90 Å². The van der Waals surface area contributed by atoms with E-state index in [2.05, 4.69) is 25.9 Å². The van der Waals surface area contributed by atoms with Crippen molar-refractivity contribution in [1.82, 2.24) is 9.55 Å². The summed E-state index contributed by atoms with van der Waals surface area (Å²) < 4.78 is 2.14. The molecule has 5 nitrogen and oxygen atoms in total. The Bertz CT molecular complexity index is 742. The van der Waals surface area contributed by atoms with Crippen molar-refractivity contribution in [2.75, 3.05) is 0 Å². The van der Waals surface area contributed by atoms with Crippen LogP contribution in [0.25, 0.3) is 11.8 Å². The summed E-state index contributed by atoms with van der Waals surface area (Å²) in [5, 5.41) is 10.2. The Morgan fingerprint density at radius 2 is 2.00 bits per heavy atom. The number of aromatic hydroxyl groups is 1. The second kappa shape index (κ2) is 9.15. The number of hydrogen-bond acceptors (Lipinski definition) is 3. The van der Waals surface area contributed by atoms with Gasteiger partial charge in [0, 0.05) is 17.6 Å². The Labute approximate surface area is 144 Å². The van der Waals surface area contributed by atoms with Crippen LogP contribution in [0.2, 0.25) is 0 Å². The van der Waals surface area contributed by atoms with Crippen molar-refractivity contribution in [3.8, 4) is 5.88 Å². The largest absolute Gasteiger partial charge is 0.493 e. The first-order valence-corrected chi connectivity index (χ1v) is 8.08. The van der Waals surface area contributed by atoms with Gasteiger partial charge in [0.1, 0.15) is 5.69 Å². The minimum atomic E-state index is -0.388. The summed E-state index contributed by atoms with van der Waals surface area (Å²) in [5.74, 6) is -0.122. The summed E-state index contributed by atoms with van der Waals surface area (Å²) in [6.07, 6.45) is 11.4. The average Bonchev–Trinajstić information content (AvgIpc) is 2.77. The molecule has 0 fully saturated rings. The molecule has 124 valence electrons. The number of hydrogen-bond donors (Lipinski definition) is 2. The lowest BCUT2D eigenvalue weighted by Crippen LogP contribution is -2.14. The molecule has 1 rings (SSSR count). The van der Waals surface area contributed by atoms with E-state index in [1.165, 1.54) is 4.57 Å². The maximum Gasteiger partial charge on any atom is 0.333 e. The number of halogens is 1. The predicted octanol–water partition coefficient (Wildman–Crippen LogP) is 4.44. The van der Waals surface area contributed by atoms with Crippen molar-refractivity contribution in [2.24, 2.45) is 4.99 Å². The molecule has 0 saturated carbocycles. The third-order valence-corrected chi connectivity index (χ3v) is 3.15. The summed E-state index contributed by atoms with van der Waals surface area (Å²) >= 11 is 3.31. The molecule has 1 heterocycles. The second-order valence-electron chi connectivity index (χ2n) is 4.95. The normalized spacial score (nSPS) is 14.4. The maximum absolute atomic E-state index is 12.0. The van der Waals surface area contributed by atoms with Crippen LogP contribution in [0.3, 0.4) is 0 Å². The highest BCUT2D eigenvalue weighted by atomic mass is 79.9. The zero-order valence-corrected chi connectivity index (χ0v) is 15.4. The van der Waals surface area contributed by atoms with Crippen molar-refractivity contribution in [3.05, 3.63) is 50.7 Å². The monoisotopic (exact) mass is 379 g/mol. The molecule has 0 radical (unpaired) electrons. The van der Waals surface area contributed by atoms with Gasteiger partial charge in [-0.3, -0.25) is 4.99 Å². The van der Waals surface area contributed by atoms with Crippen molar-refractivity contribution in [3.63, 3.8) is 0 Å². The maximum atomic E-state index is 12.0. The zero-order valence-electron chi connectivity index (χ0n) is 13.8. The van der Waals surface area contributed by atoms with E-state index in [1.807, 2.05) is 33.1 Å². The number of H-pyrrole nitrogens is 1. The number of allylic oxidation sites excluding steroid dienone is 7. The average molecular weight is 380 g/mol. The number of aromatic nitrogens is 2. The molecule has 0 aliphatic rings. The first-order valence-electron chi connectivity index (χ1n) is 7.29. The highest BCUT2D eigenvalue weighted by Crippen LogP contribution is 2.19. The Morgan fingerprint density at radius 1 is 1.30 bits per heavy atom. The molecule has 0 amide bonds. The summed E-state index contributed by atoms with van der Waals surface area (Å²) in [5.41, 5.74) is 1.42. The van der Waals surface area contributed by atoms with Crippen LogP contribution in [0.5, 0.6) is 5.88 Å². The molecule has 0 aromatic carbocycles. The van der Waals surface area contributed by atoms with Crippen molar-refractivity contribution in [2.45, 2.75) is 34.1 Å². The van der Waals surface area contributed by atoms with Crippen LogP contribution in [0.1, 0.15) is 39.8 Å². The van der Waals surface area contributed by atoms with Crippen LogP contribution in [0.4, 0.5) is 0 Å². The van der Waals surface area contributed by atoms with Gasteiger partial charge in [0.25, 0.3) is 0 Å². The minimum Gasteiger partial charge on any atom is -0.493 e. The molecule has 0 bridgehead atoms. The van der Waals surface area contributed by atoms with Crippen molar-refractivity contribution >= 4 is 33.9 Å². The fraction of sp³-hybridized carbons (Fsp3) is 0.294. The molecule has 0 atom stereocenters. The van der Waals surface area contributed by atoms with Crippen LogP contribution in [0.15, 0.2) is 44.3 Å². The summed E-state index contributed by atoms with van der Waals surface area (Å²) in [7, 11) is 0. The van der Waals surface area contributed by atoms with Gasteiger partial charge in [0.15, 0.2) is 0 Å². The zero-order chi connectivity index (χ0) is 17.4. The van der Waals surface area contributed by atoms with Crippen LogP contribution in [-0.4, -0.2) is 20.9 Å². The van der Waals surface area contributed by atoms with Gasteiger partial charge in [-0.25, -0.2) is 9.36 Å². The quantitative estimate of drug-likeness (QED) is 0.566. The molecule has 6 heteroatoms. The first-order chi connectivity index (χ1) is 10.9. The van der Waals surface area contributed by atoms with Gasteiger partial charge in [0.05, 0.1) is 0 Å². The fourth-order valence-electron chi connectivity index (χ4n) is 1.76. The van der Waals surface area contributed by atoms with E-state index in [0.717, 1.165) is 16.6 Å². The van der Waals surface area contributed by atoms with Gasteiger partial charge >= 0.3 is 5.69 Å². The number of nitrogens with one attached hydrogen (secondary N) is 1. The molecule has 0 unspecified atom stereocenters. The van der Waals surface area contributed by atoms with Gasteiger partial charge in [-0.05, 0) is 49.9 Å². The van der Waals surface area contributed by atoms with E-state index in [0.29, 0.717) is 11.4 Å². The molecule has 0 saturated heterocycles. The number of aliphatic imine (C=N–C) groups is 1. The molecule has 1 aromatic heterocycles. The SMILES string of the molecule is CCC=N/C(C)=C/C=C\c1[nH]c(=O)n(C(C)=CC=C(C)Br)c1O. The Morgan fingerprint density at radius 3 is 2.61 bits per heavy atom. The summed E-state index contributed by atoms with van der Waals surface area (Å²) in [4.78, 5) is 18.8. The highest BCUT2D eigenvalue weighted by Gasteiger charge is 2.11. The van der Waals surface area contributed by atoms with E-state index < -0.39 is 0 Å². The van der Waals surface area contributed by atoms with Crippen molar-refractivity contribution in [1.29, 1.82) is 0 Å². The number of nitrogens with zero attached hydrogens (tertiary/aromatic N) is 2. The predicted molar refractivity (Wildman–Crippen MR) is 101 cm³/mol. The topological polar surface area (TPSA) is 70.4 Å². The molecule has 1 aromatic rings. The molecule has 0 aliphatic heterocycles. The van der Waals surface area contributed by atoms with E-state index in [4.69, 9.17) is 0 Å². The third-order valence-electron chi connectivity index (χ3n) is 2.88. The van der Waals surface area contributed by atoms with Crippen LogP contribution in [0, 0.1) is 0 Å². The van der Waals surface area contributed by atoms with Gasteiger partial charge < -0.3 is 10.1 Å². The number of imidazole rings is 1. The van der Waals surface area contributed by atoms with Gasteiger partial charge in [0.2, 0.25) is 5.88 Å². The highest BCUT2D eigenvalue weighted by molar-refractivity contribution is 9.11. The summed E-state index contributed by atoms with van der Waals surface area (Å²) in [6.45, 7) is 7.53. The first kappa shape index (κ1) is 19.0. The lowest BCUT2D eigenvalue weighted by Gasteiger charge is -2.01. The Hall–Kier alpha value is -2.08. The Kier molecular flexibility index (Phi) is 7.54. The lowest BCUT2D eigenvalue weighted by atomic mass is 10.3. The van der Waals surface area contributed by atoms with E-state index >= 15 is 0 Å². The second-order valence-corrected chi connectivity index (χ2v) is 6.20. The van der Waals surface area contributed by atoms with Gasteiger partial charge in [-0.15, -0.1) is 0 Å². The van der Waals surface area contributed by atoms with Crippen LogP contribution >= 0.6 is 15.9 Å². The van der Waals surface area contributed by atoms with Gasteiger partial charge in [-0.1, -0.05) is 35.0 Å². The van der Waals surface area contributed by atoms with Crippen LogP contribution < -0.4 is 5.69 Å². The van der Waals surface area contributed by atoms with E-state index in [1.54, 1.807) is 31.2 Å².